The monoisotopic (exact) mass is 434 g/mol. The van der Waals surface area contributed by atoms with Crippen molar-refractivity contribution in [2.45, 2.75) is 26.8 Å². The standard InChI is InChI=1S/C25H27FN4O2/c1-15-6-4-7-16(2)23(15)30-11-5-8-21-22(20-10-9-18(26)12-17(20)3)28-25(29-24(21)30)27-19(13-31)14-32/h4-10,12,19,31-32H,11,13-14H2,1-3H3,(H,27,28,29). The van der Waals surface area contributed by atoms with Gasteiger partial charge < -0.3 is 20.4 Å². The Hall–Kier alpha value is -3.29. The predicted octanol–water partition coefficient (Wildman–Crippen LogP) is 4.14. The molecule has 166 valence electrons. The fourth-order valence-corrected chi connectivity index (χ4v) is 4.10. The molecule has 0 aliphatic carbocycles. The lowest BCUT2D eigenvalue weighted by Gasteiger charge is -2.31. The van der Waals surface area contributed by atoms with Crippen LogP contribution in [0, 0.1) is 26.6 Å². The first-order chi connectivity index (χ1) is 15.4. The van der Waals surface area contributed by atoms with Crippen molar-refractivity contribution in [3.8, 4) is 11.3 Å². The summed E-state index contributed by atoms with van der Waals surface area (Å²) in [4.78, 5) is 11.6. The first kappa shape index (κ1) is 21.9. The molecule has 7 heteroatoms. The topological polar surface area (TPSA) is 81.5 Å². The molecule has 3 aromatic rings. The predicted molar refractivity (Wildman–Crippen MR) is 126 cm³/mol. The van der Waals surface area contributed by atoms with Gasteiger partial charge in [0.15, 0.2) is 0 Å². The molecule has 0 radical (unpaired) electrons. The summed E-state index contributed by atoms with van der Waals surface area (Å²) in [5.74, 6) is 0.707. The molecule has 3 N–H and O–H groups in total. The summed E-state index contributed by atoms with van der Waals surface area (Å²) in [7, 11) is 0. The summed E-state index contributed by atoms with van der Waals surface area (Å²) in [6, 6.07) is 10.2. The minimum atomic E-state index is -0.594. The maximum Gasteiger partial charge on any atom is 0.225 e. The third-order valence-electron chi connectivity index (χ3n) is 5.68. The molecule has 6 nitrogen and oxygen atoms in total. The number of halogens is 1. The third kappa shape index (κ3) is 4.09. The van der Waals surface area contributed by atoms with Crippen molar-refractivity contribution in [1.29, 1.82) is 0 Å². The quantitative estimate of drug-likeness (QED) is 0.541. The summed E-state index contributed by atoms with van der Waals surface area (Å²) in [6.45, 7) is 6.10. The molecule has 1 aliphatic rings. The second kappa shape index (κ2) is 9.06. The molecule has 0 atom stereocenters. The lowest BCUT2D eigenvalue weighted by atomic mass is 9.98. The SMILES string of the molecule is Cc1cc(F)ccc1-c1nc(NC(CO)CO)nc2c1C=CCN2c1c(C)cccc1C. The van der Waals surface area contributed by atoms with Gasteiger partial charge in [-0.15, -0.1) is 0 Å². The van der Waals surface area contributed by atoms with Crippen molar-refractivity contribution in [3.63, 3.8) is 0 Å². The fraction of sp³-hybridized carbons (Fsp3) is 0.280. The van der Waals surface area contributed by atoms with Crippen LogP contribution in [0.4, 0.5) is 21.8 Å². The van der Waals surface area contributed by atoms with Gasteiger partial charge in [0, 0.05) is 23.4 Å². The number of aromatic nitrogens is 2. The van der Waals surface area contributed by atoms with Crippen molar-refractivity contribution in [2.75, 3.05) is 30.0 Å². The van der Waals surface area contributed by atoms with Crippen molar-refractivity contribution in [1.82, 2.24) is 9.97 Å². The van der Waals surface area contributed by atoms with E-state index >= 15 is 0 Å². The number of rotatable bonds is 6. The number of aliphatic hydroxyl groups excluding tert-OH is 2. The Kier molecular flexibility index (Phi) is 6.21. The highest BCUT2D eigenvalue weighted by Crippen LogP contribution is 2.40. The molecule has 2 heterocycles. The summed E-state index contributed by atoms with van der Waals surface area (Å²) in [5, 5.41) is 22.1. The van der Waals surface area contributed by atoms with Crippen LogP contribution < -0.4 is 10.2 Å². The molecule has 0 fully saturated rings. The van der Waals surface area contributed by atoms with Crippen LogP contribution in [0.3, 0.4) is 0 Å². The number of fused-ring (bicyclic) bond motifs is 1. The Balaban J connectivity index is 1.95. The molecule has 0 saturated heterocycles. The van der Waals surface area contributed by atoms with E-state index in [0.717, 1.165) is 39.3 Å². The highest BCUT2D eigenvalue weighted by Gasteiger charge is 2.25. The summed E-state index contributed by atoms with van der Waals surface area (Å²) < 4.78 is 13.8. The lowest BCUT2D eigenvalue weighted by molar-refractivity contribution is 0.203. The van der Waals surface area contributed by atoms with Gasteiger partial charge in [0.05, 0.1) is 24.9 Å². The molecular weight excluding hydrogens is 407 g/mol. The second-order valence-corrected chi connectivity index (χ2v) is 8.05. The van der Waals surface area contributed by atoms with Crippen molar-refractivity contribution < 1.29 is 14.6 Å². The van der Waals surface area contributed by atoms with Crippen LogP contribution in [0.1, 0.15) is 22.3 Å². The van der Waals surface area contributed by atoms with E-state index in [1.54, 1.807) is 6.07 Å². The van der Waals surface area contributed by atoms with Gasteiger partial charge in [0.25, 0.3) is 0 Å². The average molecular weight is 435 g/mol. The first-order valence-corrected chi connectivity index (χ1v) is 10.6. The molecule has 0 bridgehead atoms. The van der Waals surface area contributed by atoms with E-state index in [2.05, 4.69) is 42.3 Å². The van der Waals surface area contributed by atoms with E-state index in [9.17, 15) is 14.6 Å². The summed E-state index contributed by atoms with van der Waals surface area (Å²) in [5.41, 5.74) is 6.39. The molecule has 0 saturated carbocycles. The largest absolute Gasteiger partial charge is 0.394 e. The number of hydrogen-bond donors (Lipinski definition) is 3. The van der Waals surface area contributed by atoms with Gasteiger partial charge in [-0.1, -0.05) is 30.4 Å². The molecule has 2 aromatic carbocycles. The molecule has 32 heavy (non-hydrogen) atoms. The maximum absolute atomic E-state index is 13.8. The Labute approximate surface area is 187 Å². The van der Waals surface area contributed by atoms with Crippen LogP contribution in [-0.2, 0) is 0 Å². The number of anilines is 3. The van der Waals surface area contributed by atoms with E-state index in [1.807, 2.05) is 19.1 Å². The zero-order chi connectivity index (χ0) is 22.8. The number of para-hydroxylation sites is 1. The Morgan fingerprint density at radius 2 is 1.75 bits per heavy atom. The minimum absolute atomic E-state index is 0.262. The van der Waals surface area contributed by atoms with Crippen molar-refractivity contribution >= 4 is 23.5 Å². The van der Waals surface area contributed by atoms with Crippen molar-refractivity contribution in [2.24, 2.45) is 0 Å². The molecule has 0 unspecified atom stereocenters. The van der Waals surface area contributed by atoms with Crippen LogP contribution in [0.2, 0.25) is 0 Å². The normalized spacial score (nSPS) is 12.9. The third-order valence-corrected chi connectivity index (χ3v) is 5.68. The van der Waals surface area contributed by atoms with Gasteiger partial charge in [0.2, 0.25) is 5.95 Å². The molecule has 4 rings (SSSR count). The van der Waals surface area contributed by atoms with Gasteiger partial charge in [-0.3, -0.25) is 0 Å². The molecule has 1 aromatic heterocycles. The van der Waals surface area contributed by atoms with E-state index in [-0.39, 0.29) is 19.0 Å². The van der Waals surface area contributed by atoms with Gasteiger partial charge in [0.1, 0.15) is 11.6 Å². The van der Waals surface area contributed by atoms with Crippen molar-refractivity contribution in [3.05, 3.63) is 70.5 Å². The van der Waals surface area contributed by atoms with Gasteiger partial charge in [-0.2, -0.15) is 4.98 Å². The van der Waals surface area contributed by atoms with E-state index in [4.69, 9.17) is 9.97 Å². The number of aryl methyl sites for hydroxylation is 3. The van der Waals surface area contributed by atoms with Gasteiger partial charge >= 0.3 is 0 Å². The van der Waals surface area contributed by atoms with E-state index in [0.29, 0.717) is 18.2 Å². The number of nitrogens with one attached hydrogen (secondary N) is 1. The lowest BCUT2D eigenvalue weighted by Crippen LogP contribution is -2.30. The Bertz CT molecular complexity index is 1150. The zero-order valence-electron chi connectivity index (χ0n) is 18.4. The highest BCUT2D eigenvalue weighted by molar-refractivity contribution is 5.86. The highest BCUT2D eigenvalue weighted by atomic mass is 19.1. The van der Waals surface area contributed by atoms with Gasteiger partial charge in [-0.05, 0) is 55.7 Å². The van der Waals surface area contributed by atoms with Crippen LogP contribution in [0.25, 0.3) is 17.3 Å². The second-order valence-electron chi connectivity index (χ2n) is 8.05. The Morgan fingerprint density at radius 1 is 1.03 bits per heavy atom. The molecule has 1 aliphatic heterocycles. The van der Waals surface area contributed by atoms with Gasteiger partial charge in [-0.25, -0.2) is 9.37 Å². The smallest absolute Gasteiger partial charge is 0.225 e. The van der Waals surface area contributed by atoms with E-state index in [1.165, 1.54) is 12.1 Å². The zero-order valence-corrected chi connectivity index (χ0v) is 18.4. The molecule has 0 spiro atoms. The maximum atomic E-state index is 13.8. The summed E-state index contributed by atoms with van der Waals surface area (Å²) in [6.07, 6.45) is 4.06. The van der Waals surface area contributed by atoms with Crippen LogP contribution >= 0.6 is 0 Å². The first-order valence-electron chi connectivity index (χ1n) is 10.6. The Morgan fingerprint density at radius 3 is 2.41 bits per heavy atom. The number of aliphatic hydroxyl groups is 2. The number of benzene rings is 2. The number of hydrogen-bond acceptors (Lipinski definition) is 6. The summed E-state index contributed by atoms with van der Waals surface area (Å²) >= 11 is 0. The average Bonchev–Trinajstić information content (AvgIpc) is 2.77. The molecule has 0 amide bonds. The number of nitrogens with zero attached hydrogens (tertiary/aromatic N) is 3. The van der Waals surface area contributed by atoms with Crippen LogP contribution in [0.5, 0.6) is 0 Å². The van der Waals surface area contributed by atoms with Crippen LogP contribution in [0.15, 0.2) is 42.5 Å². The minimum Gasteiger partial charge on any atom is -0.394 e. The van der Waals surface area contributed by atoms with Crippen LogP contribution in [-0.4, -0.2) is 46.0 Å². The molecular formula is C25H27FN4O2. The fourth-order valence-electron chi connectivity index (χ4n) is 4.10. The van der Waals surface area contributed by atoms with E-state index < -0.39 is 6.04 Å².